The first kappa shape index (κ1) is 8.82. The molecular formula is C6H5NO4S. The molecule has 0 fully saturated rings. The van der Waals surface area contributed by atoms with E-state index in [2.05, 4.69) is 4.98 Å². The number of aromatic nitrogens is 1. The molecule has 2 N–H and O–H groups in total. The van der Waals surface area contributed by atoms with Crippen molar-refractivity contribution in [3.8, 4) is 0 Å². The van der Waals surface area contributed by atoms with Crippen molar-refractivity contribution in [2.45, 2.75) is 4.90 Å². The molecule has 0 aliphatic rings. The maximum atomic E-state index is 10.5. The van der Waals surface area contributed by atoms with Gasteiger partial charge in [0.15, 0.2) is 11.1 Å². The third-order valence-corrected chi connectivity index (χ3v) is 1.93. The Kier molecular flexibility index (Phi) is 2.51. The third-order valence-electron chi connectivity index (χ3n) is 1.20. The van der Waals surface area contributed by atoms with Gasteiger partial charge in [-0.2, -0.15) is 0 Å². The first-order valence-corrected chi connectivity index (χ1v) is 4.01. The fraction of sp³-hybridized carbons (Fsp3) is 0. The Hall–Kier alpha value is -1.27. The highest BCUT2D eigenvalue weighted by molar-refractivity contribution is 7.79. The van der Waals surface area contributed by atoms with E-state index in [9.17, 15) is 9.00 Å². The number of hydrogen-bond acceptors (Lipinski definition) is 3. The molecule has 1 aromatic rings. The maximum absolute atomic E-state index is 10.5. The Bertz CT molecular complexity index is 305. The second-order valence-corrected chi connectivity index (χ2v) is 2.86. The summed E-state index contributed by atoms with van der Waals surface area (Å²) < 4.78 is 19.2. The molecule has 1 aromatic heterocycles. The van der Waals surface area contributed by atoms with Gasteiger partial charge in [-0.05, 0) is 6.07 Å². The van der Waals surface area contributed by atoms with Gasteiger partial charge in [0.1, 0.15) is 0 Å². The molecule has 0 bridgehead atoms. The summed E-state index contributed by atoms with van der Waals surface area (Å²) >= 11 is -2.28. The summed E-state index contributed by atoms with van der Waals surface area (Å²) in [7, 11) is 0. The van der Waals surface area contributed by atoms with Crippen LogP contribution < -0.4 is 0 Å². The summed E-state index contributed by atoms with van der Waals surface area (Å²) in [5.41, 5.74) is -0.252. The third kappa shape index (κ3) is 1.66. The molecule has 0 spiro atoms. The van der Waals surface area contributed by atoms with E-state index in [0.29, 0.717) is 0 Å². The standard InChI is InChI=1S/C6H5NO4S/c8-6(9)4-3-7-2-1-5(4)12(10)11/h1-3H,(H,8,9)(H,10,11). The van der Waals surface area contributed by atoms with Gasteiger partial charge in [0, 0.05) is 12.4 Å². The van der Waals surface area contributed by atoms with Crippen LogP contribution in [0.1, 0.15) is 10.4 Å². The Labute approximate surface area is 70.3 Å². The van der Waals surface area contributed by atoms with Crippen LogP contribution in [0.25, 0.3) is 0 Å². The van der Waals surface area contributed by atoms with Crippen LogP contribution in [0.3, 0.4) is 0 Å². The minimum atomic E-state index is -2.28. The van der Waals surface area contributed by atoms with Gasteiger partial charge in [0.2, 0.25) is 0 Å². The Morgan fingerprint density at radius 3 is 2.67 bits per heavy atom. The molecule has 0 aliphatic carbocycles. The van der Waals surface area contributed by atoms with Crippen LogP contribution in [0.4, 0.5) is 0 Å². The van der Waals surface area contributed by atoms with Crippen molar-refractivity contribution in [2.75, 3.05) is 0 Å². The molecule has 0 saturated carbocycles. The molecule has 5 nitrogen and oxygen atoms in total. The van der Waals surface area contributed by atoms with Gasteiger partial charge in [-0.15, -0.1) is 0 Å². The van der Waals surface area contributed by atoms with Gasteiger partial charge >= 0.3 is 5.97 Å². The highest BCUT2D eigenvalue weighted by atomic mass is 32.2. The van der Waals surface area contributed by atoms with Crippen molar-refractivity contribution in [2.24, 2.45) is 0 Å². The first-order chi connectivity index (χ1) is 5.63. The molecule has 1 unspecified atom stereocenters. The fourth-order valence-corrected chi connectivity index (χ4v) is 1.20. The van der Waals surface area contributed by atoms with Crippen molar-refractivity contribution in [3.05, 3.63) is 24.0 Å². The van der Waals surface area contributed by atoms with E-state index in [1.165, 1.54) is 12.3 Å². The zero-order valence-corrected chi connectivity index (χ0v) is 6.61. The number of hydrogen-bond donors (Lipinski definition) is 2. The van der Waals surface area contributed by atoms with E-state index < -0.39 is 17.0 Å². The maximum Gasteiger partial charge on any atom is 0.338 e. The van der Waals surface area contributed by atoms with Crippen LogP contribution in [0.5, 0.6) is 0 Å². The van der Waals surface area contributed by atoms with Crippen LogP contribution in [0.15, 0.2) is 23.4 Å². The highest BCUT2D eigenvalue weighted by Crippen LogP contribution is 2.09. The molecule has 0 saturated heterocycles. The number of aromatic carboxylic acids is 1. The topological polar surface area (TPSA) is 87.5 Å². The molecule has 6 heteroatoms. The van der Waals surface area contributed by atoms with Crippen LogP contribution in [0.2, 0.25) is 0 Å². The van der Waals surface area contributed by atoms with E-state index in [-0.39, 0.29) is 10.5 Å². The number of carbonyl (C=O) groups is 1. The highest BCUT2D eigenvalue weighted by Gasteiger charge is 2.13. The lowest BCUT2D eigenvalue weighted by Gasteiger charge is -1.98. The number of carboxylic acids is 1. The predicted octanol–water partition coefficient (Wildman–Crippen LogP) is 0.360. The monoisotopic (exact) mass is 187 g/mol. The summed E-state index contributed by atoms with van der Waals surface area (Å²) in [5.74, 6) is -1.26. The van der Waals surface area contributed by atoms with Gasteiger partial charge in [0.25, 0.3) is 0 Å². The second kappa shape index (κ2) is 3.42. The van der Waals surface area contributed by atoms with E-state index >= 15 is 0 Å². The summed E-state index contributed by atoms with van der Waals surface area (Å²) in [6.07, 6.45) is 2.29. The van der Waals surface area contributed by atoms with E-state index in [0.717, 1.165) is 6.20 Å². The fourth-order valence-electron chi connectivity index (χ4n) is 0.695. The van der Waals surface area contributed by atoms with Crippen molar-refractivity contribution in [1.29, 1.82) is 0 Å². The minimum absolute atomic E-state index is 0.141. The van der Waals surface area contributed by atoms with Gasteiger partial charge in [-0.25, -0.2) is 9.00 Å². The summed E-state index contributed by atoms with van der Waals surface area (Å²) in [6, 6.07) is 1.19. The molecular weight excluding hydrogens is 182 g/mol. The summed E-state index contributed by atoms with van der Waals surface area (Å²) in [4.78, 5) is 13.8. The summed E-state index contributed by atoms with van der Waals surface area (Å²) in [6.45, 7) is 0. The molecule has 0 amide bonds. The van der Waals surface area contributed by atoms with Crippen molar-refractivity contribution < 1.29 is 18.7 Å². The minimum Gasteiger partial charge on any atom is -0.478 e. The molecule has 1 atom stereocenters. The molecule has 0 aromatic carbocycles. The van der Waals surface area contributed by atoms with Gasteiger partial charge in [-0.1, -0.05) is 0 Å². The Balaban J connectivity index is 3.27. The van der Waals surface area contributed by atoms with Crippen LogP contribution in [-0.4, -0.2) is 24.8 Å². The number of carboxylic acid groups (broad SMARTS) is 1. The van der Waals surface area contributed by atoms with E-state index in [4.69, 9.17) is 9.66 Å². The van der Waals surface area contributed by atoms with Crippen molar-refractivity contribution in [3.63, 3.8) is 0 Å². The Morgan fingerprint density at radius 1 is 1.58 bits per heavy atom. The zero-order chi connectivity index (χ0) is 9.14. The van der Waals surface area contributed by atoms with Crippen molar-refractivity contribution in [1.82, 2.24) is 4.98 Å². The molecule has 1 rings (SSSR count). The van der Waals surface area contributed by atoms with Crippen LogP contribution in [-0.2, 0) is 11.1 Å². The molecule has 1 heterocycles. The van der Waals surface area contributed by atoms with E-state index in [1.807, 2.05) is 0 Å². The quantitative estimate of drug-likeness (QED) is 0.652. The average molecular weight is 187 g/mol. The lowest BCUT2D eigenvalue weighted by molar-refractivity contribution is 0.0692. The van der Waals surface area contributed by atoms with Gasteiger partial charge in [0.05, 0.1) is 10.5 Å². The zero-order valence-electron chi connectivity index (χ0n) is 5.80. The largest absolute Gasteiger partial charge is 0.478 e. The lowest BCUT2D eigenvalue weighted by Crippen LogP contribution is -2.03. The molecule has 0 aliphatic heterocycles. The van der Waals surface area contributed by atoms with Crippen LogP contribution in [0, 0.1) is 0 Å². The Morgan fingerprint density at radius 2 is 2.25 bits per heavy atom. The molecule has 64 valence electrons. The first-order valence-electron chi connectivity index (χ1n) is 2.91. The number of rotatable bonds is 2. The molecule has 12 heavy (non-hydrogen) atoms. The number of nitrogens with zero attached hydrogens (tertiary/aromatic N) is 1. The average Bonchev–Trinajstić information content (AvgIpc) is 2.04. The predicted molar refractivity (Wildman–Crippen MR) is 40.2 cm³/mol. The van der Waals surface area contributed by atoms with E-state index in [1.54, 1.807) is 0 Å². The van der Waals surface area contributed by atoms with Crippen LogP contribution >= 0.6 is 0 Å². The van der Waals surface area contributed by atoms with Gasteiger partial charge in [-0.3, -0.25) is 4.98 Å². The smallest absolute Gasteiger partial charge is 0.338 e. The summed E-state index contributed by atoms with van der Waals surface area (Å²) in [5, 5.41) is 8.53. The SMILES string of the molecule is O=C(O)c1cnccc1S(=O)O. The number of pyridine rings is 1. The second-order valence-electron chi connectivity index (χ2n) is 1.93. The lowest BCUT2D eigenvalue weighted by atomic mass is 10.3. The van der Waals surface area contributed by atoms with Crippen molar-refractivity contribution >= 4 is 17.0 Å². The normalized spacial score (nSPS) is 12.4. The molecule has 0 radical (unpaired) electrons. The van der Waals surface area contributed by atoms with Gasteiger partial charge < -0.3 is 9.66 Å².